The van der Waals surface area contributed by atoms with Crippen LogP contribution in [0.25, 0.3) is 11.0 Å². The molecule has 1 fully saturated rings. The molecule has 2 heterocycles. The third kappa shape index (κ3) is 1.93. The van der Waals surface area contributed by atoms with Crippen molar-refractivity contribution in [1.82, 2.24) is 9.97 Å². The molecule has 84 valence electrons. The molecule has 3 nitrogen and oxygen atoms in total. The van der Waals surface area contributed by atoms with Crippen molar-refractivity contribution in [3.63, 3.8) is 0 Å². The van der Waals surface area contributed by atoms with Gasteiger partial charge in [-0.1, -0.05) is 11.6 Å². The molecule has 4 heteroatoms. The summed E-state index contributed by atoms with van der Waals surface area (Å²) in [5.74, 6) is 0. The fourth-order valence-electron chi connectivity index (χ4n) is 1.97. The minimum atomic E-state index is 0.113. The van der Waals surface area contributed by atoms with Crippen molar-refractivity contribution in [1.29, 1.82) is 0 Å². The van der Waals surface area contributed by atoms with Crippen LogP contribution in [0, 0.1) is 0 Å². The number of aryl methyl sites for hydroxylation is 1. The Hall–Kier alpha value is -1.06. The molecule has 0 spiro atoms. The van der Waals surface area contributed by atoms with Gasteiger partial charge in [0.05, 0.1) is 16.1 Å². The highest BCUT2D eigenvalue weighted by molar-refractivity contribution is 6.31. The zero-order valence-corrected chi connectivity index (χ0v) is 9.72. The van der Waals surface area contributed by atoms with Crippen LogP contribution in [0.2, 0.25) is 5.02 Å². The number of nitrogens with one attached hydrogen (secondary N) is 1. The van der Waals surface area contributed by atoms with Crippen LogP contribution in [-0.2, 0) is 6.42 Å². The van der Waals surface area contributed by atoms with E-state index in [9.17, 15) is 0 Å². The number of halogens is 1. The molecular weight excluding hydrogens is 222 g/mol. The summed E-state index contributed by atoms with van der Waals surface area (Å²) < 4.78 is 0. The number of fused-ring (bicyclic) bond motifs is 1. The quantitative estimate of drug-likeness (QED) is 0.859. The average molecular weight is 236 g/mol. The van der Waals surface area contributed by atoms with Gasteiger partial charge >= 0.3 is 0 Å². The molecule has 0 aromatic carbocycles. The number of nitrogens with two attached hydrogens (primary N) is 1. The number of hydrogen-bond donors (Lipinski definition) is 2. The molecule has 0 unspecified atom stereocenters. The molecule has 2 aromatic rings. The molecule has 0 bridgehead atoms. The van der Waals surface area contributed by atoms with Gasteiger partial charge in [0.15, 0.2) is 0 Å². The third-order valence-corrected chi connectivity index (χ3v) is 3.48. The lowest BCUT2D eigenvalue weighted by molar-refractivity contribution is 0.605. The number of pyridine rings is 1. The van der Waals surface area contributed by atoms with E-state index in [0.717, 1.165) is 36.7 Å². The highest BCUT2D eigenvalue weighted by Gasteiger charge is 2.37. The summed E-state index contributed by atoms with van der Waals surface area (Å²) in [6.07, 6.45) is 6.04. The number of hydrogen-bond acceptors (Lipinski definition) is 2. The van der Waals surface area contributed by atoms with Gasteiger partial charge in [0.2, 0.25) is 0 Å². The second-order valence-electron chi connectivity index (χ2n) is 4.74. The largest absolute Gasteiger partial charge is 0.357 e. The fraction of sp³-hybridized carbons (Fsp3) is 0.417. The standard InChI is InChI=1S/C12H14ClN3/c13-8-5-11-10(15-7-8)6-9(16-11)1-2-12(14)3-4-12/h5-7,16H,1-4,14H2. The third-order valence-electron chi connectivity index (χ3n) is 3.28. The van der Waals surface area contributed by atoms with E-state index >= 15 is 0 Å². The Labute approximate surface area is 99.0 Å². The van der Waals surface area contributed by atoms with Crippen LogP contribution in [0.1, 0.15) is 25.0 Å². The van der Waals surface area contributed by atoms with E-state index in [2.05, 4.69) is 16.0 Å². The molecule has 0 aliphatic heterocycles. The summed E-state index contributed by atoms with van der Waals surface area (Å²) in [6, 6.07) is 3.99. The highest BCUT2D eigenvalue weighted by Crippen LogP contribution is 2.36. The van der Waals surface area contributed by atoms with Crippen molar-refractivity contribution in [2.75, 3.05) is 0 Å². The summed E-state index contributed by atoms with van der Waals surface area (Å²) in [5.41, 5.74) is 9.35. The highest BCUT2D eigenvalue weighted by atomic mass is 35.5. The second-order valence-corrected chi connectivity index (χ2v) is 5.18. The lowest BCUT2D eigenvalue weighted by atomic mass is 10.1. The van der Waals surface area contributed by atoms with Crippen LogP contribution in [0.5, 0.6) is 0 Å². The van der Waals surface area contributed by atoms with Gasteiger partial charge in [0.1, 0.15) is 0 Å². The van der Waals surface area contributed by atoms with Gasteiger partial charge in [0, 0.05) is 17.4 Å². The average Bonchev–Trinajstić information content (AvgIpc) is 2.85. The first kappa shape index (κ1) is 10.1. The minimum absolute atomic E-state index is 0.113. The minimum Gasteiger partial charge on any atom is -0.357 e. The van der Waals surface area contributed by atoms with Crippen LogP contribution in [-0.4, -0.2) is 15.5 Å². The van der Waals surface area contributed by atoms with E-state index < -0.39 is 0 Å². The Morgan fingerprint density at radius 3 is 3.00 bits per heavy atom. The molecule has 1 aliphatic carbocycles. The summed E-state index contributed by atoms with van der Waals surface area (Å²) in [7, 11) is 0. The Kier molecular flexibility index (Phi) is 2.19. The van der Waals surface area contributed by atoms with Gasteiger partial charge in [-0.2, -0.15) is 0 Å². The fourth-order valence-corrected chi connectivity index (χ4v) is 2.13. The molecule has 0 radical (unpaired) electrons. The molecule has 0 atom stereocenters. The molecule has 3 rings (SSSR count). The van der Waals surface area contributed by atoms with E-state index in [1.807, 2.05) is 6.07 Å². The molecule has 3 N–H and O–H groups in total. The molecular formula is C12H14ClN3. The summed E-state index contributed by atoms with van der Waals surface area (Å²) in [6.45, 7) is 0. The van der Waals surface area contributed by atoms with E-state index in [1.54, 1.807) is 6.20 Å². The maximum atomic E-state index is 6.06. The molecule has 0 saturated heterocycles. The number of aromatic nitrogens is 2. The molecule has 1 aliphatic rings. The number of nitrogens with zero attached hydrogens (tertiary/aromatic N) is 1. The number of aromatic amines is 1. The molecule has 2 aromatic heterocycles. The van der Waals surface area contributed by atoms with Crippen molar-refractivity contribution < 1.29 is 0 Å². The zero-order valence-electron chi connectivity index (χ0n) is 8.96. The predicted molar refractivity (Wildman–Crippen MR) is 65.6 cm³/mol. The lowest BCUT2D eigenvalue weighted by Crippen LogP contribution is -2.22. The van der Waals surface area contributed by atoms with Crippen molar-refractivity contribution in [3.05, 3.63) is 29.0 Å². The molecule has 16 heavy (non-hydrogen) atoms. The molecule has 0 amide bonds. The van der Waals surface area contributed by atoms with Gasteiger partial charge in [-0.25, -0.2) is 0 Å². The van der Waals surface area contributed by atoms with Crippen LogP contribution in [0.15, 0.2) is 18.3 Å². The van der Waals surface area contributed by atoms with E-state index in [4.69, 9.17) is 17.3 Å². The zero-order chi connectivity index (χ0) is 11.2. The van der Waals surface area contributed by atoms with Gasteiger partial charge in [-0.15, -0.1) is 0 Å². The second kappa shape index (κ2) is 3.47. The topological polar surface area (TPSA) is 54.7 Å². The monoisotopic (exact) mass is 235 g/mol. The van der Waals surface area contributed by atoms with Gasteiger partial charge in [-0.05, 0) is 37.8 Å². The van der Waals surface area contributed by atoms with Crippen LogP contribution in [0.4, 0.5) is 0 Å². The number of H-pyrrole nitrogens is 1. The Balaban J connectivity index is 1.82. The first-order chi connectivity index (χ1) is 7.65. The normalized spacial score (nSPS) is 17.9. The van der Waals surface area contributed by atoms with Crippen molar-refractivity contribution >= 4 is 22.6 Å². The molecule has 1 saturated carbocycles. The smallest absolute Gasteiger partial charge is 0.0882 e. The van der Waals surface area contributed by atoms with E-state index in [0.29, 0.717) is 5.02 Å². The Morgan fingerprint density at radius 1 is 1.44 bits per heavy atom. The van der Waals surface area contributed by atoms with Crippen molar-refractivity contribution in [2.45, 2.75) is 31.2 Å². The SMILES string of the molecule is NC1(CCc2cc3ncc(Cl)cc3[nH]2)CC1. The van der Waals surface area contributed by atoms with Crippen LogP contribution < -0.4 is 5.73 Å². The summed E-state index contributed by atoms with van der Waals surface area (Å²) in [4.78, 5) is 7.60. The lowest BCUT2D eigenvalue weighted by Gasteiger charge is -2.05. The number of rotatable bonds is 3. The van der Waals surface area contributed by atoms with Gasteiger partial charge in [0.25, 0.3) is 0 Å². The maximum Gasteiger partial charge on any atom is 0.0882 e. The summed E-state index contributed by atoms with van der Waals surface area (Å²) >= 11 is 5.89. The first-order valence-corrected chi connectivity index (χ1v) is 5.95. The van der Waals surface area contributed by atoms with Crippen molar-refractivity contribution in [2.24, 2.45) is 5.73 Å². The first-order valence-electron chi connectivity index (χ1n) is 5.57. The predicted octanol–water partition coefficient (Wildman–Crippen LogP) is 2.64. The van der Waals surface area contributed by atoms with Crippen LogP contribution in [0.3, 0.4) is 0 Å². The van der Waals surface area contributed by atoms with Gasteiger partial charge in [-0.3, -0.25) is 4.98 Å². The van der Waals surface area contributed by atoms with Crippen molar-refractivity contribution in [3.8, 4) is 0 Å². The Morgan fingerprint density at radius 2 is 2.25 bits per heavy atom. The van der Waals surface area contributed by atoms with Crippen LogP contribution >= 0.6 is 11.6 Å². The van der Waals surface area contributed by atoms with E-state index in [-0.39, 0.29) is 5.54 Å². The summed E-state index contributed by atoms with van der Waals surface area (Å²) in [5, 5.41) is 0.665. The Bertz CT molecular complexity index is 528. The van der Waals surface area contributed by atoms with E-state index in [1.165, 1.54) is 5.69 Å². The maximum absolute atomic E-state index is 6.06. The van der Waals surface area contributed by atoms with Gasteiger partial charge < -0.3 is 10.7 Å².